The van der Waals surface area contributed by atoms with Gasteiger partial charge in [0.1, 0.15) is 12.3 Å². The van der Waals surface area contributed by atoms with Gasteiger partial charge in [0.25, 0.3) is 0 Å². The monoisotopic (exact) mass is 249 g/mol. The van der Waals surface area contributed by atoms with Gasteiger partial charge < -0.3 is 14.7 Å². The molecule has 0 aliphatic carbocycles. The third kappa shape index (κ3) is 2.16. The van der Waals surface area contributed by atoms with Crippen molar-refractivity contribution in [2.75, 3.05) is 13.7 Å². The molecule has 1 aromatic rings. The van der Waals surface area contributed by atoms with Crippen LogP contribution in [0.2, 0.25) is 0 Å². The van der Waals surface area contributed by atoms with E-state index in [2.05, 4.69) is 0 Å². The minimum Gasteiger partial charge on any atom is -0.496 e. The lowest BCUT2D eigenvalue weighted by Gasteiger charge is -2.40. The number of hydrogen-bond acceptors (Lipinski definition) is 3. The Labute approximate surface area is 105 Å². The SMILES string of the molecule is COc1ccc(C)cc1C1CC(=O)N1CC(=O)O. The summed E-state index contributed by atoms with van der Waals surface area (Å²) in [5.74, 6) is -0.445. The van der Waals surface area contributed by atoms with Crippen LogP contribution in [0.3, 0.4) is 0 Å². The Kier molecular flexibility index (Phi) is 3.23. The molecule has 1 aliphatic rings. The number of likely N-dealkylation sites (tertiary alicyclic amines) is 1. The van der Waals surface area contributed by atoms with Crippen molar-refractivity contribution in [2.45, 2.75) is 19.4 Å². The molecular formula is C13H15NO4. The Balaban J connectivity index is 2.28. The summed E-state index contributed by atoms with van der Waals surface area (Å²) >= 11 is 0. The zero-order valence-electron chi connectivity index (χ0n) is 10.3. The average Bonchev–Trinajstić information content (AvgIpc) is 2.33. The van der Waals surface area contributed by atoms with Gasteiger partial charge in [0, 0.05) is 5.56 Å². The van der Waals surface area contributed by atoms with E-state index in [9.17, 15) is 9.59 Å². The highest BCUT2D eigenvalue weighted by molar-refractivity contribution is 5.87. The molecular weight excluding hydrogens is 234 g/mol. The fraction of sp³-hybridized carbons (Fsp3) is 0.385. The fourth-order valence-corrected chi connectivity index (χ4v) is 2.19. The van der Waals surface area contributed by atoms with E-state index in [0.717, 1.165) is 11.1 Å². The zero-order valence-corrected chi connectivity index (χ0v) is 10.3. The van der Waals surface area contributed by atoms with Crippen LogP contribution in [0.15, 0.2) is 18.2 Å². The lowest BCUT2D eigenvalue weighted by atomic mass is 9.92. The lowest BCUT2D eigenvalue weighted by Crippen LogP contribution is -2.48. The van der Waals surface area contributed by atoms with Crippen molar-refractivity contribution in [3.05, 3.63) is 29.3 Å². The third-order valence-electron chi connectivity index (χ3n) is 3.11. The van der Waals surface area contributed by atoms with Gasteiger partial charge in [0.2, 0.25) is 5.91 Å². The summed E-state index contributed by atoms with van der Waals surface area (Å²) in [5.41, 5.74) is 1.93. The standard InChI is InChI=1S/C13H15NO4/c1-8-3-4-11(18-2)9(5-8)10-6-12(15)14(10)7-13(16)17/h3-5,10H,6-7H2,1-2H3,(H,16,17). The van der Waals surface area contributed by atoms with Crippen LogP contribution in [0.25, 0.3) is 0 Å². The quantitative estimate of drug-likeness (QED) is 0.818. The number of rotatable bonds is 4. The maximum atomic E-state index is 11.5. The molecule has 1 aromatic carbocycles. The predicted molar refractivity (Wildman–Crippen MR) is 64.4 cm³/mol. The summed E-state index contributed by atoms with van der Waals surface area (Å²) in [5, 5.41) is 8.79. The first-order valence-electron chi connectivity index (χ1n) is 5.68. The molecule has 0 saturated carbocycles. The van der Waals surface area contributed by atoms with Crippen molar-refractivity contribution in [1.29, 1.82) is 0 Å². The molecule has 0 spiro atoms. The number of benzene rings is 1. The predicted octanol–water partition coefficient (Wildman–Crippen LogP) is 1.36. The summed E-state index contributed by atoms with van der Waals surface area (Å²) in [7, 11) is 1.57. The molecule has 0 aromatic heterocycles. The van der Waals surface area contributed by atoms with E-state index in [0.29, 0.717) is 12.2 Å². The normalized spacial score (nSPS) is 18.4. The number of carbonyl (C=O) groups is 2. The van der Waals surface area contributed by atoms with Crippen molar-refractivity contribution >= 4 is 11.9 Å². The number of carboxylic acids is 1. The maximum Gasteiger partial charge on any atom is 0.323 e. The smallest absolute Gasteiger partial charge is 0.323 e. The number of ether oxygens (including phenoxy) is 1. The molecule has 1 atom stereocenters. The zero-order chi connectivity index (χ0) is 13.3. The van der Waals surface area contributed by atoms with Gasteiger partial charge in [-0.2, -0.15) is 0 Å². The first-order valence-corrected chi connectivity index (χ1v) is 5.68. The first-order chi connectivity index (χ1) is 8.52. The van der Waals surface area contributed by atoms with Gasteiger partial charge >= 0.3 is 5.97 Å². The maximum absolute atomic E-state index is 11.5. The van der Waals surface area contributed by atoms with Crippen molar-refractivity contribution in [1.82, 2.24) is 4.90 Å². The van der Waals surface area contributed by atoms with Crippen molar-refractivity contribution < 1.29 is 19.4 Å². The van der Waals surface area contributed by atoms with E-state index in [1.165, 1.54) is 4.90 Å². The molecule has 1 fully saturated rings. The minimum absolute atomic E-state index is 0.133. The molecule has 1 amide bonds. The topological polar surface area (TPSA) is 66.8 Å². The average molecular weight is 249 g/mol. The molecule has 1 saturated heterocycles. The van der Waals surface area contributed by atoms with Gasteiger partial charge in [-0.15, -0.1) is 0 Å². The van der Waals surface area contributed by atoms with Crippen LogP contribution in [0, 0.1) is 6.92 Å². The largest absolute Gasteiger partial charge is 0.496 e. The molecule has 1 heterocycles. The van der Waals surface area contributed by atoms with E-state index in [1.54, 1.807) is 7.11 Å². The van der Waals surface area contributed by atoms with Crippen molar-refractivity contribution in [3.8, 4) is 5.75 Å². The van der Waals surface area contributed by atoms with Crippen LogP contribution in [0.1, 0.15) is 23.6 Å². The van der Waals surface area contributed by atoms with E-state index >= 15 is 0 Å². The Bertz CT molecular complexity index is 498. The second-order valence-corrected chi connectivity index (χ2v) is 4.38. The third-order valence-corrected chi connectivity index (χ3v) is 3.11. The number of carboxylic acid groups (broad SMARTS) is 1. The van der Waals surface area contributed by atoms with E-state index in [1.807, 2.05) is 25.1 Å². The number of amides is 1. The van der Waals surface area contributed by atoms with Crippen molar-refractivity contribution in [2.24, 2.45) is 0 Å². The van der Waals surface area contributed by atoms with E-state index in [4.69, 9.17) is 9.84 Å². The summed E-state index contributed by atoms with van der Waals surface area (Å²) < 4.78 is 5.26. The van der Waals surface area contributed by atoms with E-state index < -0.39 is 5.97 Å². The molecule has 18 heavy (non-hydrogen) atoms. The molecule has 96 valence electrons. The lowest BCUT2D eigenvalue weighted by molar-refractivity contribution is -0.155. The molecule has 0 radical (unpaired) electrons. The summed E-state index contributed by atoms with van der Waals surface area (Å²) in [4.78, 5) is 23.5. The molecule has 1 N–H and O–H groups in total. The Morgan fingerprint density at radius 1 is 1.56 bits per heavy atom. The Hall–Kier alpha value is -2.04. The highest BCUT2D eigenvalue weighted by Gasteiger charge is 2.39. The number of aryl methyl sites for hydroxylation is 1. The van der Waals surface area contributed by atoms with E-state index in [-0.39, 0.29) is 18.5 Å². The molecule has 1 unspecified atom stereocenters. The van der Waals surface area contributed by atoms with Gasteiger partial charge in [-0.05, 0) is 13.0 Å². The number of hydrogen-bond donors (Lipinski definition) is 1. The highest BCUT2D eigenvalue weighted by atomic mass is 16.5. The van der Waals surface area contributed by atoms with Gasteiger partial charge in [-0.3, -0.25) is 9.59 Å². The summed E-state index contributed by atoms with van der Waals surface area (Å²) in [6, 6.07) is 5.50. The number of nitrogens with zero attached hydrogens (tertiary/aromatic N) is 1. The van der Waals surface area contributed by atoms with Crippen LogP contribution in [-0.2, 0) is 9.59 Å². The number of aliphatic carboxylic acids is 1. The van der Waals surface area contributed by atoms with Gasteiger partial charge in [0.05, 0.1) is 19.6 Å². The van der Waals surface area contributed by atoms with Crippen LogP contribution in [0.5, 0.6) is 5.75 Å². The highest BCUT2D eigenvalue weighted by Crippen LogP contribution is 2.39. The fourth-order valence-electron chi connectivity index (χ4n) is 2.19. The Morgan fingerprint density at radius 3 is 2.83 bits per heavy atom. The first kappa shape index (κ1) is 12.4. The second-order valence-electron chi connectivity index (χ2n) is 4.38. The number of methoxy groups -OCH3 is 1. The molecule has 5 nitrogen and oxygen atoms in total. The van der Waals surface area contributed by atoms with Gasteiger partial charge in [-0.25, -0.2) is 0 Å². The summed E-state index contributed by atoms with van der Waals surface area (Å²) in [6.07, 6.45) is 0.340. The second kappa shape index (κ2) is 4.68. The number of carbonyl (C=O) groups excluding carboxylic acids is 1. The number of β-lactam (4-membered cyclic amide) rings is 1. The minimum atomic E-state index is -1.00. The van der Waals surface area contributed by atoms with Crippen LogP contribution in [-0.4, -0.2) is 35.5 Å². The van der Waals surface area contributed by atoms with Crippen LogP contribution < -0.4 is 4.74 Å². The van der Waals surface area contributed by atoms with Crippen LogP contribution in [0.4, 0.5) is 0 Å². The summed E-state index contributed by atoms with van der Waals surface area (Å²) in [6.45, 7) is 1.69. The molecule has 0 bridgehead atoms. The van der Waals surface area contributed by atoms with Crippen LogP contribution >= 0.6 is 0 Å². The molecule has 1 aliphatic heterocycles. The van der Waals surface area contributed by atoms with Crippen molar-refractivity contribution in [3.63, 3.8) is 0 Å². The molecule has 2 rings (SSSR count). The van der Waals surface area contributed by atoms with Gasteiger partial charge in [-0.1, -0.05) is 17.7 Å². The molecule has 5 heteroatoms. The Morgan fingerprint density at radius 2 is 2.28 bits per heavy atom. The van der Waals surface area contributed by atoms with Gasteiger partial charge in [0.15, 0.2) is 0 Å².